The normalized spacial score (nSPS) is 19.1. The van der Waals surface area contributed by atoms with Crippen molar-refractivity contribution < 1.29 is 14.3 Å². The van der Waals surface area contributed by atoms with Crippen molar-refractivity contribution in [2.45, 2.75) is 25.8 Å². The first-order valence-electron chi connectivity index (χ1n) is 7.33. The van der Waals surface area contributed by atoms with Crippen LogP contribution in [0.4, 0.5) is 0 Å². The molecule has 0 N–H and O–H groups in total. The summed E-state index contributed by atoms with van der Waals surface area (Å²) < 4.78 is 11.0. The predicted octanol–water partition coefficient (Wildman–Crippen LogP) is 2.40. The fourth-order valence-electron chi connectivity index (χ4n) is 2.34. The fraction of sp³-hybridized carbons (Fsp3) is 0.562. The second-order valence-corrected chi connectivity index (χ2v) is 4.99. The number of hydrogen-bond acceptors (Lipinski definition) is 3. The molecule has 1 amide bonds. The SMILES string of the molecule is CCCCOCC(=O)N1CCOC[C@H]1c1ccccc1. The van der Waals surface area contributed by atoms with Gasteiger partial charge in [-0.3, -0.25) is 4.79 Å². The lowest BCUT2D eigenvalue weighted by atomic mass is 10.1. The first-order valence-corrected chi connectivity index (χ1v) is 7.33. The van der Waals surface area contributed by atoms with Crippen molar-refractivity contribution in [3.63, 3.8) is 0 Å². The summed E-state index contributed by atoms with van der Waals surface area (Å²) >= 11 is 0. The summed E-state index contributed by atoms with van der Waals surface area (Å²) in [6, 6.07) is 10.0. The van der Waals surface area contributed by atoms with Crippen molar-refractivity contribution in [2.24, 2.45) is 0 Å². The van der Waals surface area contributed by atoms with Gasteiger partial charge in [-0.05, 0) is 12.0 Å². The van der Waals surface area contributed by atoms with Crippen molar-refractivity contribution in [2.75, 3.05) is 33.0 Å². The van der Waals surface area contributed by atoms with Crippen LogP contribution in [0.5, 0.6) is 0 Å². The summed E-state index contributed by atoms with van der Waals surface area (Å²) in [6.07, 6.45) is 2.08. The van der Waals surface area contributed by atoms with Gasteiger partial charge in [-0.2, -0.15) is 0 Å². The van der Waals surface area contributed by atoms with E-state index in [9.17, 15) is 4.79 Å². The molecular formula is C16H23NO3. The Morgan fingerprint density at radius 1 is 1.40 bits per heavy atom. The molecule has 1 fully saturated rings. The number of hydrogen-bond donors (Lipinski definition) is 0. The summed E-state index contributed by atoms with van der Waals surface area (Å²) in [6.45, 7) is 4.73. The molecule has 0 unspecified atom stereocenters. The third-order valence-electron chi connectivity index (χ3n) is 3.50. The van der Waals surface area contributed by atoms with Gasteiger partial charge in [0.05, 0.1) is 19.3 Å². The average molecular weight is 277 g/mol. The number of rotatable bonds is 6. The number of unbranched alkanes of at least 4 members (excludes halogenated alkanes) is 1. The summed E-state index contributed by atoms with van der Waals surface area (Å²) in [5.41, 5.74) is 1.12. The zero-order valence-corrected chi connectivity index (χ0v) is 12.1. The molecule has 1 aliphatic rings. The molecule has 4 nitrogen and oxygen atoms in total. The van der Waals surface area contributed by atoms with Gasteiger partial charge in [0.2, 0.25) is 5.91 Å². The Labute approximate surface area is 120 Å². The molecule has 0 aromatic heterocycles. The summed E-state index contributed by atoms with van der Waals surface area (Å²) in [7, 11) is 0. The quantitative estimate of drug-likeness (QED) is 0.750. The van der Waals surface area contributed by atoms with Crippen molar-refractivity contribution in [1.82, 2.24) is 4.90 Å². The minimum Gasteiger partial charge on any atom is -0.377 e. The largest absolute Gasteiger partial charge is 0.377 e. The molecule has 110 valence electrons. The molecule has 1 aliphatic heterocycles. The van der Waals surface area contributed by atoms with E-state index < -0.39 is 0 Å². The van der Waals surface area contributed by atoms with Gasteiger partial charge < -0.3 is 14.4 Å². The Bertz CT molecular complexity index is 407. The van der Waals surface area contributed by atoms with E-state index in [1.54, 1.807) is 0 Å². The van der Waals surface area contributed by atoms with E-state index in [1.165, 1.54) is 0 Å². The standard InChI is InChI=1S/C16H23NO3/c1-2-3-10-19-13-16(18)17-9-11-20-12-15(17)14-7-5-4-6-8-14/h4-8,15H,2-3,9-13H2,1H3/t15-/m0/s1. The lowest BCUT2D eigenvalue weighted by Crippen LogP contribution is -2.45. The number of nitrogens with zero attached hydrogens (tertiary/aromatic N) is 1. The molecular weight excluding hydrogens is 254 g/mol. The maximum absolute atomic E-state index is 12.3. The molecule has 1 atom stereocenters. The van der Waals surface area contributed by atoms with Crippen molar-refractivity contribution in [3.05, 3.63) is 35.9 Å². The Morgan fingerprint density at radius 2 is 2.20 bits per heavy atom. The Hall–Kier alpha value is -1.39. The third kappa shape index (κ3) is 4.05. The zero-order chi connectivity index (χ0) is 14.2. The van der Waals surface area contributed by atoms with Crippen molar-refractivity contribution in [3.8, 4) is 0 Å². The molecule has 0 spiro atoms. The molecule has 0 radical (unpaired) electrons. The Morgan fingerprint density at radius 3 is 2.95 bits per heavy atom. The molecule has 2 rings (SSSR count). The van der Waals surface area contributed by atoms with E-state index in [0.717, 1.165) is 18.4 Å². The first-order chi connectivity index (χ1) is 9.83. The van der Waals surface area contributed by atoms with Crippen molar-refractivity contribution >= 4 is 5.91 Å². The van der Waals surface area contributed by atoms with Crippen LogP contribution >= 0.6 is 0 Å². The maximum atomic E-state index is 12.3. The van der Waals surface area contributed by atoms with E-state index in [1.807, 2.05) is 35.2 Å². The summed E-state index contributed by atoms with van der Waals surface area (Å²) in [5, 5.41) is 0. The summed E-state index contributed by atoms with van der Waals surface area (Å²) in [5.74, 6) is 0.0539. The fourth-order valence-corrected chi connectivity index (χ4v) is 2.34. The monoisotopic (exact) mass is 277 g/mol. The van der Waals surface area contributed by atoms with Crippen LogP contribution in [-0.2, 0) is 14.3 Å². The van der Waals surface area contributed by atoms with Crippen LogP contribution in [0, 0.1) is 0 Å². The second kappa shape index (κ2) is 8.02. The molecule has 4 heteroatoms. The number of carbonyl (C=O) groups is 1. The van der Waals surface area contributed by atoms with Crippen LogP contribution in [0.15, 0.2) is 30.3 Å². The molecule has 1 aromatic rings. The van der Waals surface area contributed by atoms with Gasteiger partial charge in [0, 0.05) is 13.2 Å². The molecule has 1 aromatic carbocycles. The van der Waals surface area contributed by atoms with Gasteiger partial charge in [0.25, 0.3) is 0 Å². The van der Waals surface area contributed by atoms with Crippen LogP contribution in [-0.4, -0.2) is 43.8 Å². The van der Waals surface area contributed by atoms with Gasteiger partial charge in [-0.1, -0.05) is 43.7 Å². The van der Waals surface area contributed by atoms with Gasteiger partial charge in [-0.15, -0.1) is 0 Å². The number of carbonyl (C=O) groups excluding carboxylic acids is 1. The Balaban J connectivity index is 1.94. The van der Waals surface area contributed by atoms with Crippen LogP contribution in [0.1, 0.15) is 31.4 Å². The number of benzene rings is 1. The first kappa shape index (κ1) is 15.0. The molecule has 20 heavy (non-hydrogen) atoms. The van der Waals surface area contributed by atoms with E-state index >= 15 is 0 Å². The van der Waals surface area contributed by atoms with Crippen molar-refractivity contribution in [1.29, 1.82) is 0 Å². The minimum atomic E-state index is 0.00669. The highest BCUT2D eigenvalue weighted by Gasteiger charge is 2.28. The number of ether oxygens (including phenoxy) is 2. The second-order valence-electron chi connectivity index (χ2n) is 4.99. The maximum Gasteiger partial charge on any atom is 0.249 e. The van der Waals surface area contributed by atoms with Gasteiger partial charge >= 0.3 is 0 Å². The smallest absolute Gasteiger partial charge is 0.249 e. The molecule has 0 bridgehead atoms. The van der Waals surface area contributed by atoms with Gasteiger partial charge in [0.15, 0.2) is 0 Å². The number of amides is 1. The lowest BCUT2D eigenvalue weighted by molar-refractivity contribution is -0.145. The third-order valence-corrected chi connectivity index (χ3v) is 3.50. The van der Waals surface area contributed by atoms with E-state index in [-0.39, 0.29) is 18.6 Å². The number of morpholine rings is 1. The van der Waals surface area contributed by atoms with Crippen LogP contribution < -0.4 is 0 Å². The molecule has 0 saturated carbocycles. The van der Waals surface area contributed by atoms with Crippen LogP contribution in [0.3, 0.4) is 0 Å². The van der Waals surface area contributed by atoms with E-state index in [4.69, 9.17) is 9.47 Å². The van der Waals surface area contributed by atoms with Crippen LogP contribution in [0.2, 0.25) is 0 Å². The van der Waals surface area contributed by atoms with Gasteiger partial charge in [-0.25, -0.2) is 0 Å². The topological polar surface area (TPSA) is 38.8 Å². The molecule has 0 aliphatic carbocycles. The highest BCUT2D eigenvalue weighted by Crippen LogP contribution is 2.24. The van der Waals surface area contributed by atoms with E-state index in [2.05, 4.69) is 6.92 Å². The molecule has 1 saturated heterocycles. The van der Waals surface area contributed by atoms with E-state index in [0.29, 0.717) is 26.4 Å². The lowest BCUT2D eigenvalue weighted by Gasteiger charge is -2.35. The highest BCUT2D eigenvalue weighted by molar-refractivity contribution is 5.78. The predicted molar refractivity (Wildman–Crippen MR) is 77.4 cm³/mol. The average Bonchev–Trinajstić information content (AvgIpc) is 2.52. The van der Waals surface area contributed by atoms with Gasteiger partial charge in [0.1, 0.15) is 6.61 Å². The van der Waals surface area contributed by atoms with Crippen LogP contribution in [0.25, 0.3) is 0 Å². The highest BCUT2D eigenvalue weighted by atomic mass is 16.5. The minimum absolute atomic E-state index is 0.00669. The Kier molecular flexibility index (Phi) is 6.02. The molecule has 1 heterocycles. The zero-order valence-electron chi connectivity index (χ0n) is 12.1. The summed E-state index contributed by atoms with van der Waals surface area (Å²) in [4.78, 5) is 14.2.